The zero-order chi connectivity index (χ0) is 12.4. The number of hydrogen-bond acceptors (Lipinski definition) is 2. The first-order valence-corrected chi connectivity index (χ1v) is 6.50. The largest absolute Gasteiger partial charge is 0.341 e. The molecule has 1 amide bonds. The summed E-state index contributed by atoms with van der Waals surface area (Å²) in [6, 6.07) is 3.42. The maximum atomic E-state index is 12.1. The van der Waals surface area contributed by atoms with E-state index >= 15 is 0 Å². The molecular formula is C12H15Cl3N2O. The second-order valence-electron chi connectivity index (χ2n) is 4.36. The summed E-state index contributed by atoms with van der Waals surface area (Å²) < 4.78 is 0. The first-order valence-electron chi connectivity index (χ1n) is 5.58. The molecule has 1 aromatic heterocycles. The number of hydrogen-bond donors (Lipinski definition) is 0. The normalized spacial score (nSPS) is 18.9. The number of pyridine rings is 1. The third kappa shape index (κ3) is 3.28. The number of amides is 1. The predicted molar refractivity (Wildman–Crippen MR) is 76.0 cm³/mol. The van der Waals surface area contributed by atoms with Crippen LogP contribution in [0.3, 0.4) is 0 Å². The van der Waals surface area contributed by atoms with Crippen LogP contribution in [-0.4, -0.2) is 35.3 Å². The molecule has 0 aliphatic carbocycles. The smallest absolute Gasteiger partial charge is 0.255 e. The molecule has 2 rings (SSSR count). The van der Waals surface area contributed by atoms with E-state index in [9.17, 15) is 4.79 Å². The number of nitrogens with zero attached hydrogens (tertiary/aromatic N) is 2. The van der Waals surface area contributed by atoms with Crippen LogP contribution < -0.4 is 0 Å². The van der Waals surface area contributed by atoms with Gasteiger partial charge in [0.05, 0.1) is 11.3 Å². The highest BCUT2D eigenvalue weighted by atomic mass is 35.5. The molecule has 0 radical (unpaired) electrons. The highest BCUT2D eigenvalue weighted by Gasteiger charge is 2.26. The van der Waals surface area contributed by atoms with Crippen LogP contribution in [-0.2, 0) is 6.42 Å². The molecule has 6 heteroatoms. The van der Waals surface area contributed by atoms with Gasteiger partial charge in [-0.3, -0.25) is 4.79 Å². The fraction of sp³-hybridized carbons (Fsp3) is 0.500. The molecule has 0 aromatic carbocycles. The SMILES string of the molecule is CN1CC(CCCl)Cc2nc(Cl)ccc2C1=O.Cl. The van der Waals surface area contributed by atoms with Crippen molar-refractivity contribution in [3.05, 3.63) is 28.5 Å². The van der Waals surface area contributed by atoms with Crippen LogP contribution in [0.25, 0.3) is 0 Å². The standard InChI is InChI=1S/C12H14Cl2N2O.ClH/c1-16-7-8(4-5-13)6-10-9(12(16)17)2-3-11(14)15-10;/h2-3,8H,4-7H2,1H3;1H. The van der Waals surface area contributed by atoms with E-state index in [1.54, 1.807) is 17.0 Å². The summed E-state index contributed by atoms with van der Waals surface area (Å²) in [5.74, 6) is 0.970. The molecule has 1 atom stereocenters. The molecule has 100 valence electrons. The third-order valence-electron chi connectivity index (χ3n) is 3.05. The van der Waals surface area contributed by atoms with Gasteiger partial charge >= 0.3 is 0 Å². The van der Waals surface area contributed by atoms with Gasteiger partial charge in [0.25, 0.3) is 5.91 Å². The van der Waals surface area contributed by atoms with E-state index in [2.05, 4.69) is 4.98 Å². The fourth-order valence-corrected chi connectivity index (χ4v) is 2.66. The highest BCUT2D eigenvalue weighted by molar-refractivity contribution is 6.29. The monoisotopic (exact) mass is 308 g/mol. The molecule has 1 unspecified atom stereocenters. The molecule has 18 heavy (non-hydrogen) atoms. The van der Waals surface area contributed by atoms with Crippen LogP contribution in [0.4, 0.5) is 0 Å². The molecule has 0 saturated carbocycles. The Kier molecular flexibility index (Phi) is 5.70. The number of alkyl halides is 1. The number of fused-ring (bicyclic) bond motifs is 1. The number of rotatable bonds is 2. The van der Waals surface area contributed by atoms with E-state index in [0.717, 1.165) is 25.1 Å². The van der Waals surface area contributed by atoms with Crippen molar-refractivity contribution >= 4 is 41.5 Å². The number of carbonyl (C=O) groups excluding carboxylic acids is 1. The zero-order valence-electron chi connectivity index (χ0n) is 10.0. The van der Waals surface area contributed by atoms with Gasteiger partial charge in [0.1, 0.15) is 5.15 Å². The van der Waals surface area contributed by atoms with Gasteiger partial charge < -0.3 is 4.90 Å². The van der Waals surface area contributed by atoms with Crippen molar-refractivity contribution in [1.29, 1.82) is 0 Å². The Morgan fingerprint density at radius 2 is 2.22 bits per heavy atom. The van der Waals surface area contributed by atoms with Crippen LogP contribution in [0.15, 0.2) is 12.1 Å². The lowest BCUT2D eigenvalue weighted by atomic mass is 9.99. The van der Waals surface area contributed by atoms with Crippen LogP contribution in [0.5, 0.6) is 0 Å². The van der Waals surface area contributed by atoms with Gasteiger partial charge in [0, 0.05) is 19.5 Å². The zero-order valence-corrected chi connectivity index (χ0v) is 12.4. The lowest BCUT2D eigenvalue weighted by molar-refractivity contribution is 0.0782. The summed E-state index contributed by atoms with van der Waals surface area (Å²) in [6.07, 6.45) is 1.64. The van der Waals surface area contributed by atoms with E-state index in [0.29, 0.717) is 22.5 Å². The maximum absolute atomic E-state index is 12.1. The lowest BCUT2D eigenvalue weighted by Crippen LogP contribution is -2.29. The Hall–Kier alpha value is -0.510. The molecule has 0 fully saturated rings. The Balaban J connectivity index is 0.00000162. The van der Waals surface area contributed by atoms with Gasteiger partial charge in [-0.15, -0.1) is 24.0 Å². The summed E-state index contributed by atoms with van der Waals surface area (Å²) in [5, 5.41) is 0.436. The summed E-state index contributed by atoms with van der Waals surface area (Å²) >= 11 is 11.7. The Morgan fingerprint density at radius 1 is 1.50 bits per heavy atom. The Labute approximate surface area is 123 Å². The third-order valence-corrected chi connectivity index (χ3v) is 3.48. The Bertz CT molecular complexity index is 439. The fourth-order valence-electron chi connectivity index (χ4n) is 2.19. The average Bonchev–Trinajstić information content (AvgIpc) is 2.38. The average molecular weight is 310 g/mol. The molecule has 1 aromatic rings. The molecule has 3 nitrogen and oxygen atoms in total. The van der Waals surface area contributed by atoms with E-state index in [4.69, 9.17) is 23.2 Å². The lowest BCUT2D eigenvalue weighted by Gasteiger charge is -2.19. The number of halogens is 3. The van der Waals surface area contributed by atoms with E-state index in [1.807, 2.05) is 7.05 Å². The van der Waals surface area contributed by atoms with Crippen molar-refractivity contribution in [2.24, 2.45) is 5.92 Å². The van der Waals surface area contributed by atoms with Crippen molar-refractivity contribution in [3.8, 4) is 0 Å². The molecule has 1 aliphatic rings. The molecule has 0 N–H and O–H groups in total. The molecule has 0 spiro atoms. The maximum Gasteiger partial charge on any atom is 0.255 e. The molecular weight excluding hydrogens is 295 g/mol. The minimum atomic E-state index is 0. The first kappa shape index (κ1) is 15.5. The van der Waals surface area contributed by atoms with Crippen molar-refractivity contribution in [2.45, 2.75) is 12.8 Å². The van der Waals surface area contributed by atoms with Crippen LogP contribution in [0.1, 0.15) is 22.5 Å². The van der Waals surface area contributed by atoms with Crippen molar-refractivity contribution in [2.75, 3.05) is 19.5 Å². The topological polar surface area (TPSA) is 33.2 Å². The van der Waals surface area contributed by atoms with Crippen molar-refractivity contribution in [1.82, 2.24) is 9.88 Å². The molecule has 0 bridgehead atoms. The number of carbonyl (C=O) groups is 1. The van der Waals surface area contributed by atoms with Gasteiger partial charge in [0.15, 0.2) is 0 Å². The second-order valence-corrected chi connectivity index (χ2v) is 5.13. The van der Waals surface area contributed by atoms with Gasteiger partial charge in [-0.1, -0.05) is 11.6 Å². The highest BCUT2D eigenvalue weighted by Crippen LogP contribution is 2.23. The summed E-state index contributed by atoms with van der Waals surface area (Å²) in [7, 11) is 1.81. The van der Waals surface area contributed by atoms with Crippen molar-refractivity contribution in [3.63, 3.8) is 0 Å². The van der Waals surface area contributed by atoms with Crippen LogP contribution in [0, 0.1) is 5.92 Å². The quantitative estimate of drug-likeness (QED) is 0.621. The van der Waals surface area contributed by atoms with Gasteiger partial charge in [-0.25, -0.2) is 4.98 Å². The first-order chi connectivity index (χ1) is 8.11. The number of aromatic nitrogens is 1. The molecule has 2 heterocycles. The van der Waals surface area contributed by atoms with E-state index < -0.39 is 0 Å². The molecule has 1 aliphatic heterocycles. The summed E-state index contributed by atoms with van der Waals surface area (Å²) in [4.78, 5) is 18.1. The summed E-state index contributed by atoms with van der Waals surface area (Å²) in [5.41, 5.74) is 1.45. The van der Waals surface area contributed by atoms with E-state index in [1.165, 1.54) is 0 Å². The second kappa shape index (κ2) is 6.60. The predicted octanol–water partition coefficient (Wildman–Crippen LogP) is 3.03. The Morgan fingerprint density at radius 3 is 2.89 bits per heavy atom. The van der Waals surface area contributed by atoms with Gasteiger partial charge in [-0.2, -0.15) is 0 Å². The summed E-state index contributed by atoms with van der Waals surface area (Å²) in [6.45, 7) is 0.722. The molecule has 0 saturated heterocycles. The van der Waals surface area contributed by atoms with Gasteiger partial charge in [-0.05, 0) is 30.9 Å². The van der Waals surface area contributed by atoms with Crippen molar-refractivity contribution < 1.29 is 4.79 Å². The van der Waals surface area contributed by atoms with Gasteiger partial charge in [0.2, 0.25) is 0 Å². The van der Waals surface area contributed by atoms with Crippen LogP contribution in [0.2, 0.25) is 5.15 Å². The van der Waals surface area contributed by atoms with Crippen LogP contribution >= 0.6 is 35.6 Å². The van der Waals surface area contributed by atoms with E-state index in [-0.39, 0.29) is 18.3 Å². The minimum Gasteiger partial charge on any atom is -0.341 e. The minimum absolute atomic E-state index is 0.